The Hall–Kier alpha value is -0.360. The fraction of sp³-hybridized carbons (Fsp3) is 0.462. The highest BCUT2D eigenvalue weighted by molar-refractivity contribution is 14.2. The highest BCUT2D eigenvalue weighted by Crippen LogP contribution is 2.40. The number of alkyl halides is 3. The van der Waals surface area contributed by atoms with E-state index in [-0.39, 0.29) is 5.56 Å². The van der Waals surface area contributed by atoms with Crippen LogP contribution in [0.3, 0.4) is 0 Å². The van der Waals surface area contributed by atoms with Gasteiger partial charge in [-0.1, -0.05) is 23.6 Å². The lowest BCUT2D eigenvalue weighted by molar-refractivity contribution is 0.127. The smallest absolute Gasteiger partial charge is 0.316 e. The van der Waals surface area contributed by atoms with Crippen molar-refractivity contribution in [1.29, 1.82) is 0 Å². The van der Waals surface area contributed by atoms with Crippen molar-refractivity contribution in [3.63, 3.8) is 0 Å². The number of rotatable bonds is 2. The molecule has 0 fully saturated rings. The van der Waals surface area contributed by atoms with E-state index in [1.54, 1.807) is 12.1 Å². The van der Waals surface area contributed by atoms with Crippen molar-refractivity contribution in [2.24, 2.45) is 0 Å². The van der Waals surface area contributed by atoms with E-state index in [1.165, 1.54) is 5.56 Å². The average Bonchev–Trinajstić information content (AvgIpc) is 2.51. The number of hydrogen-bond acceptors (Lipinski definition) is 1. The molecule has 0 radical (unpaired) electrons. The zero-order valence-corrected chi connectivity index (χ0v) is 11.9. The molecule has 0 aliphatic carbocycles. The first-order valence-corrected chi connectivity index (χ1v) is 8.26. The third kappa shape index (κ3) is 2.73. The van der Waals surface area contributed by atoms with Crippen molar-refractivity contribution < 1.29 is 8.78 Å². The van der Waals surface area contributed by atoms with Crippen LogP contribution >= 0.6 is 20.7 Å². The summed E-state index contributed by atoms with van der Waals surface area (Å²) in [4.78, 5) is 0. The molecule has 94 valence electrons. The lowest BCUT2D eigenvalue weighted by Crippen LogP contribution is -2.18. The Balaban J connectivity index is 2.45. The molecule has 4 heteroatoms. The van der Waals surface area contributed by atoms with Crippen LogP contribution in [0.1, 0.15) is 29.5 Å². The van der Waals surface area contributed by atoms with E-state index in [0.29, 0.717) is 5.92 Å². The minimum absolute atomic E-state index is 0.146. The van der Waals surface area contributed by atoms with Gasteiger partial charge in [0.25, 0.3) is 0 Å². The fourth-order valence-electron chi connectivity index (χ4n) is 2.19. The maximum absolute atomic E-state index is 13.7. The topological polar surface area (TPSA) is 12.0 Å². The van der Waals surface area contributed by atoms with Crippen molar-refractivity contribution in [2.75, 3.05) is 13.1 Å². The number of nitrogens with one attached hydrogen (secondary N) is 1. The maximum atomic E-state index is 13.7. The Kier molecular flexibility index (Phi) is 3.92. The highest BCUT2D eigenvalue weighted by Gasteiger charge is 2.29. The lowest BCUT2D eigenvalue weighted by Gasteiger charge is -2.17. The Bertz CT molecular complexity index is 431. The summed E-state index contributed by atoms with van der Waals surface area (Å²) in [7, 11) is 0. The molecule has 17 heavy (non-hydrogen) atoms. The zero-order chi connectivity index (χ0) is 12.5. The van der Waals surface area contributed by atoms with Gasteiger partial charge in [-0.3, -0.25) is 0 Å². The van der Waals surface area contributed by atoms with Gasteiger partial charge in [0.15, 0.2) is 0 Å². The van der Waals surface area contributed by atoms with Crippen LogP contribution in [0, 0.1) is 0 Å². The van der Waals surface area contributed by atoms with Crippen LogP contribution in [0.5, 0.6) is 0 Å². The number of halogens is 3. The van der Waals surface area contributed by atoms with Crippen LogP contribution in [0.2, 0.25) is 0 Å². The molecule has 0 saturated carbocycles. The molecule has 1 aliphatic heterocycles. The summed E-state index contributed by atoms with van der Waals surface area (Å²) < 4.78 is 28.0. The highest BCUT2D eigenvalue weighted by atomic mass is 127. The standard InChI is InChI=1S/C13H16F2IN/c1-9-8-17-6-5-10-3-4-11(7-12(9)10)13(14,15)16-2/h3-4,7,9,17H,2,5-6,8H2,1H3. The summed E-state index contributed by atoms with van der Waals surface area (Å²) in [6.45, 7) is 3.87. The Morgan fingerprint density at radius 1 is 1.47 bits per heavy atom. The molecule has 0 amide bonds. The molecule has 1 aliphatic rings. The zero-order valence-electron chi connectivity index (χ0n) is 9.77. The first-order chi connectivity index (χ1) is 8.04. The van der Waals surface area contributed by atoms with Crippen LogP contribution in [-0.4, -0.2) is 17.6 Å². The quantitative estimate of drug-likeness (QED) is 0.636. The van der Waals surface area contributed by atoms with Gasteiger partial charge in [0, 0.05) is 12.1 Å². The first kappa shape index (κ1) is 13.1. The Morgan fingerprint density at radius 3 is 2.94 bits per heavy atom. The van der Waals surface area contributed by atoms with Crippen molar-refractivity contribution >= 4 is 25.2 Å². The summed E-state index contributed by atoms with van der Waals surface area (Å²) in [5.41, 5.74) is 2.42. The van der Waals surface area contributed by atoms with E-state index in [9.17, 15) is 8.78 Å². The maximum Gasteiger partial charge on any atom is 0.316 e. The Labute approximate surface area is 110 Å². The minimum Gasteiger partial charge on any atom is -0.316 e. The second kappa shape index (κ2) is 5.10. The minimum atomic E-state index is -2.70. The molecule has 0 spiro atoms. The van der Waals surface area contributed by atoms with Crippen molar-refractivity contribution in [1.82, 2.24) is 5.32 Å². The van der Waals surface area contributed by atoms with E-state index < -0.39 is 24.7 Å². The predicted octanol–water partition coefficient (Wildman–Crippen LogP) is 3.39. The van der Waals surface area contributed by atoms with Gasteiger partial charge in [-0.15, -0.1) is 0 Å². The van der Waals surface area contributed by atoms with Gasteiger partial charge in [0.05, 0.1) is 0 Å². The van der Waals surface area contributed by atoms with Crippen molar-refractivity contribution in [2.45, 2.75) is 23.2 Å². The Morgan fingerprint density at radius 2 is 2.24 bits per heavy atom. The largest absolute Gasteiger partial charge is 0.316 e. The molecule has 1 heterocycles. The van der Waals surface area contributed by atoms with Crippen LogP contribution in [-0.2, 0) is 10.4 Å². The number of hydrogen-bond donors (Lipinski definition) is 1. The third-order valence-electron chi connectivity index (χ3n) is 3.19. The van der Waals surface area contributed by atoms with Gasteiger partial charge >= 0.3 is 3.93 Å². The molecule has 1 nitrogen and oxygen atoms in total. The second-order valence-electron chi connectivity index (χ2n) is 4.40. The van der Waals surface area contributed by atoms with Gasteiger partial charge in [-0.25, -0.2) is 0 Å². The molecule has 1 atom stereocenters. The van der Waals surface area contributed by atoms with E-state index in [1.807, 2.05) is 6.07 Å². The number of benzene rings is 1. The van der Waals surface area contributed by atoms with Crippen LogP contribution in [0.25, 0.3) is 0 Å². The third-order valence-corrected chi connectivity index (χ3v) is 4.77. The van der Waals surface area contributed by atoms with Crippen LogP contribution in [0.15, 0.2) is 18.2 Å². The summed E-state index contributed by atoms with van der Waals surface area (Å²) in [5, 5.41) is 3.32. The molecule has 0 saturated heterocycles. The summed E-state index contributed by atoms with van der Waals surface area (Å²) >= 11 is -1.35. The molecule has 1 aromatic carbocycles. The molecule has 0 bridgehead atoms. The van der Waals surface area contributed by atoms with Gasteiger partial charge in [0.1, 0.15) is 0 Å². The number of fused-ring (bicyclic) bond motifs is 1. The van der Waals surface area contributed by atoms with Gasteiger partial charge < -0.3 is 5.32 Å². The molecular formula is C13H16F2IN. The van der Waals surface area contributed by atoms with E-state index in [0.717, 1.165) is 25.1 Å². The second-order valence-corrected chi connectivity index (χ2v) is 6.52. The summed E-state index contributed by atoms with van der Waals surface area (Å²) in [6.07, 6.45) is 0.922. The van der Waals surface area contributed by atoms with E-state index >= 15 is 0 Å². The average molecular weight is 351 g/mol. The van der Waals surface area contributed by atoms with Crippen LogP contribution < -0.4 is 5.32 Å². The monoisotopic (exact) mass is 351 g/mol. The fourth-order valence-corrected chi connectivity index (χ4v) is 2.96. The van der Waals surface area contributed by atoms with Gasteiger partial charge in [-0.05, 0) is 56.8 Å². The van der Waals surface area contributed by atoms with E-state index in [2.05, 4.69) is 16.8 Å². The normalized spacial score (nSPS) is 20.8. The molecule has 0 aromatic heterocycles. The predicted molar refractivity (Wildman–Crippen MR) is 76.5 cm³/mol. The van der Waals surface area contributed by atoms with Crippen LogP contribution in [0.4, 0.5) is 8.78 Å². The van der Waals surface area contributed by atoms with Crippen molar-refractivity contribution in [3.8, 4) is 0 Å². The van der Waals surface area contributed by atoms with Gasteiger partial charge in [0.2, 0.25) is 0 Å². The summed E-state index contributed by atoms with van der Waals surface area (Å²) in [5.74, 6) is 0.297. The molecular weight excluding hydrogens is 335 g/mol. The molecule has 1 unspecified atom stereocenters. The van der Waals surface area contributed by atoms with Gasteiger partial charge in [-0.2, -0.15) is 8.78 Å². The SMILES string of the molecule is C=IC(F)(F)c1ccc2c(c1)C(C)CNCC2. The lowest BCUT2D eigenvalue weighted by atomic mass is 9.93. The summed E-state index contributed by atoms with van der Waals surface area (Å²) in [6, 6.07) is 5.13. The van der Waals surface area contributed by atoms with E-state index in [4.69, 9.17) is 0 Å². The van der Waals surface area contributed by atoms with Crippen molar-refractivity contribution in [3.05, 3.63) is 34.9 Å². The molecule has 2 rings (SSSR count). The first-order valence-electron chi connectivity index (χ1n) is 5.66. The molecule has 1 aromatic rings. The molecule has 1 N–H and O–H groups in total.